The van der Waals surface area contributed by atoms with Crippen LogP contribution >= 0.6 is 0 Å². The SMILES string of the molecule is O=C1NC(=O)C2(N3Cc4cc(OC5CCCC5)c(C5NCC5c5cccc(F)c5)cc4C3=O)CC1C2. The summed E-state index contributed by atoms with van der Waals surface area (Å²) in [5.41, 5.74) is 2.31. The molecular weight excluding hydrogens is 461 g/mol. The molecule has 7 nitrogen and oxygen atoms in total. The van der Waals surface area contributed by atoms with Crippen molar-refractivity contribution < 1.29 is 23.5 Å². The van der Waals surface area contributed by atoms with Gasteiger partial charge in [0.25, 0.3) is 11.8 Å². The number of ether oxygens (including phenoxy) is 1. The lowest BCUT2D eigenvalue weighted by Crippen LogP contribution is -2.73. The van der Waals surface area contributed by atoms with E-state index in [2.05, 4.69) is 10.6 Å². The fourth-order valence-electron chi connectivity index (χ4n) is 6.76. The molecule has 2 unspecified atom stereocenters. The molecule has 6 aliphatic rings. The van der Waals surface area contributed by atoms with Crippen LogP contribution in [0, 0.1) is 11.7 Å². The van der Waals surface area contributed by atoms with Crippen LogP contribution in [0.2, 0.25) is 0 Å². The Morgan fingerprint density at radius 2 is 1.86 bits per heavy atom. The van der Waals surface area contributed by atoms with E-state index in [-0.39, 0.29) is 47.5 Å². The molecule has 4 heterocycles. The number of piperidine rings is 2. The standard InChI is InChI=1S/C28H28FN3O4/c29-18-5-3-4-15(8-18)22-13-30-24(22)21-10-20-16(9-23(21)36-19-6-1-2-7-19)14-32(26(20)34)28-11-17(12-28)25(33)31-27(28)35/h3-5,8-10,17,19,22,24,30H,1-2,6-7,11-14H2,(H,31,33,35). The summed E-state index contributed by atoms with van der Waals surface area (Å²) in [5.74, 6) is -0.418. The average Bonchev–Trinajstić information content (AvgIpc) is 3.41. The van der Waals surface area contributed by atoms with Crippen molar-refractivity contribution in [2.24, 2.45) is 5.92 Å². The van der Waals surface area contributed by atoms with Crippen LogP contribution < -0.4 is 15.4 Å². The van der Waals surface area contributed by atoms with E-state index in [0.29, 0.717) is 31.5 Å². The van der Waals surface area contributed by atoms with E-state index in [0.717, 1.165) is 48.1 Å². The summed E-state index contributed by atoms with van der Waals surface area (Å²) in [6, 6.07) is 10.5. The van der Waals surface area contributed by atoms with Crippen LogP contribution in [-0.2, 0) is 16.1 Å². The van der Waals surface area contributed by atoms with Crippen molar-refractivity contribution in [1.29, 1.82) is 0 Å². The number of halogens is 1. The highest BCUT2D eigenvalue weighted by Crippen LogP contribution is 2.50. The maximum Gasteiger partial charge on any atom is 0.255 e. The molecule has 2 aromatic rings. The topological polar surface area (TPSA) is 87.7 Å². The number of carbonyl (C=O) groups is 3. The van der Waals surface area contributed by atoms with Crippen molar-refractivity contribution in [3.8, 4) is 5.75 Å². The first-order valence-electron chi connectivity index (χ1n) is 12.9. The second kappa shape index (κ2) is 7.87. The molecular formula is C28H28FN3O4. The highest BCUT2D eigenvalue weighted by atomic mass is 19.1. The van der Waals surface area contributed by atoms with Crippen LogP contribution in [0.15, 0.2) is 36.4 Å². The quantitative estimate of drug-likeness (QED) is 0.629. The van der Waals surface area contributed by atoms with Crippen molar-refractivity contribution in [3.63, 3.8) is 0 Å². The van der Waals surface area contributed by atoms with Crippen LogP contribution in [-0.4, -0.2) is 40.8 Å². The number of nitrogens with zero attached hydrogens (tertiary/aromatic N) is 1. The summed E-state index contributed by atoms with van der Waals surface area (Å²) >= 11 is 0. The number of carbonyl (C=O) groups excluding carboxylic acids is 3. The van der Waals surface area contributed by atoms with Crippen molar-refractivity contribution >= 4 is 17.7 Å². The maximum absolute atomic E-state index is 14.0. The molecule has 0 spiro atoms. The van der Waals surface area contributed by atoms with Gasteiger partial charge in [-0.05, 0) is 73.9 Å². The monoisotopic (exact) mass is 489 g/mol. The zero-order chi connectivity index (χ0) is 24.6. The molecule has 8 rings (SSSR count). The van der Waals surface area contributed by atoms with E-state index >= 15 is 0 Å². The van der Waals surface area contributed by atoms with Crippen molar-refractivity contribution in [2.45, 2.75) is 68.7 Å². The van der Waals surface area contributed by atoms with Gasteiger partial charge in [-0.2, -0.15) is 0 Å². The number of fused-ring (bicyclic) bond motifs is 3. The van der Waals surface area contributed by atoms with Crippen LogP contribution in [0.1, 0.15) is 77.5 Å². The molecule has 2 aliphatic carbocycles. The second-order valence-corrected chi connectivity index (χ2v) is 11.0. The lowest BCUT2D eigenvalue weighted by molar-refractivity contribution is -0.160. The van der Waals surface area contributed by atoms with E-state index in [1.807, 2.05) is 18.2 Å². The normalized spacial score (nSPS) is 31.1. The van der Waals surface area contributed by atoms with Crippen LogP contribution in [0.25, 0.3) is 0 Å². The third kappa shape index (κ3) is 3.16. The highest BCUT2D eigenvalue weighted by Gasteiger charge is 2.63. The van der Waals surface area contributed by atoms with Gasteiger partial charge in [-0.25, -0.2) is 4.39 Å². The zero-order valence-corrected chi connectivity index (χ0v) is 19.9. The molecule has 2 aromatic carbocycles. The summed E-state index contributed by atoms with van der Waals surface area (Å²) in [5, 5.41) is 5.92. The Bertz CT molecular complexity index is 1300. The zero-order valence-electron chi connectivity index (χ0n) is 19.9. The predicted molar refractivity (Wildman–Crippen MR) is 128 cm³/mol. The Kier molecular flexibility index (Phi) is 4.80. The lowest BCUT2D eigenvalue weighted by atomic mass is 9.63. The van der Waals surface area contributed by atoms with Crippen molar-refractivity contribution in [3.05, 3.63) is 64.5 Å². The molecule has 2 atom stereocenters. The summed E-state index contributed by atoms with van der Waals surface area (Å²) in [6.07, 6.45) is 5.22. The Labute approximate surface area is 208 Å². The lowest BCUT2D eigenvalue weighted by Gasteiger charge is -2.53. The number of nitrogens with one attached hydrogen (secondary N) is 2. The Morgan fingerprint density at radius 1 is 1.06 bits per heavy atom. The van der Waals surface area contributed by atoms with E-state index in [4.69, 9.17) is 4.74 Å². The Balaban J connectivity index is 1.24. The minimum atomic E-state index is -0.944. The van der Waals surface area contributed by atoms with Gasteiger partial charge in [0.2, 0.25) is 5.91 Å². The second-order valence-electron chi connectivity index (χ2n) is 11.0. The number of amides is 3. The molecule has 2 bridgehead atoms. The molecule has 3 saturated heterocycles. The number of hydrogen-bond acceptors (Lipinski definition) is 5. The predicted octanol–water partition coefficient (Wildman–Crippen LogP) is 3.34. The molecule has 4 aliphatic heterocycles. The van der Waals surface area contributed by atoms with Gasteiger partial charge in [0.1, 0.15) is 17.1 Å². The number of benzene rings is 2. The van der Waals surface area contributed by atoms with Gasteiger partial charge in [0.05, 0.1) is 6.10 Å². The molecule has 0 radical (unpaired) electrons. The van der Waals surface area contributed by atoms with Crippen molar-refractivity contribution in [1.82, 2.24) is 15.5 Å². The molecule has 3 amide bonds. The van der Waals surface area contributed by atoms with E-state index < -0.39 is 5.54 Å². The Hall–Kier alpha value is -3.26. The minimum absolute atomic E-state index is 0.0680. The first-order chi connectivity index (χ1) is 17.4. The minimum Gasteiger partial charge on any atom is -0.490 e. The summed E-state index contributed by atoms with van der Waals surface area (Å²) in [4.78, 5) is 40.1. The molecule has 0 aromatic heterocycles. The van der Waals surface area contributed by atoms with Gasteiger partial charge < -0.3 is 15.0 Å². The van der Waals surface area contributed by atoms with Gasteiger partial charge in [0, 0.05) is 42.1 Å². The van der Waals surface area contributed by atoms with E-state index in [1.54, 1.807) is 17.0 Å². The number of hydrogen-bond donors (Lipinski definition) is 2. The first-order valence-corrected chi connectivity index (χ1v) is 12.9. The molecule has 5 fully saturated rings. The number of imide groups is 1. The van der Waals surface area contributed by atoms with Gasteiger partial charge in [-0.1, -0.05) is 12.1 Å². The van der Waals surface area contributed by atoms with Gasteiger partial charge in [-0.15, -0.1) is 0 Å². The fourth-order valence-corrected chi connectivity index (χ4v) is 6.76. The Morgan fingerprint density at radius 3 is 2.56 bits per heavy atom. The molecule has 186 valence electrons. The van der Waals surface area contributed by atoms with Gasteiger partial charge in [0.15, 0.2) is 0 Å². The highest BCUT2D eigenvalue weighted by molar-refractivity contribution is 6.10. The molecule has 8 heteroatoms. The average molecular weight is 490 g/mol. The third-order valence-electron chi connectivity index (χ3n) is 8.92. The smallest absolute Gasteiger partial charge is 0.255 e. The largest absolute Gasteiger partial charge is 0.490 e. The third-order valence-corrected chi connectivity index (χ3v) is 8.92. The summed E-state index contributed by atoms with van der Waals surface area (Å²) < 4.78 is 20.5. The van der Waals surface area contributed by atoms with Crippen LogP contribution in [0.3, 0.4) is 0 Å². The van der Waals surface area contributed by atoms with E-state index in [9.17, 15) is 18.8 Å². The van der Waals surface area contributed by atoms with E-state index in [1.165, 1.54) is 6.07 Å². The molecule has 36 heavy (non-hydrogen) atoms. The number of rotatable bonds is 5. The summed E-state index contributed by atoms with van der Waals surface area (Å²) in [7, 11) is 0. The molecule has 2 saturated carbocycles. The first kappa shape index (κ1) is 22.0. The van der Waals surface area contributed by atoms with Crippen molar-refractivity contribution in [2.75, 3.05) is 6.54 Å². The molecule has 2 N–H and O–H groups in total. The maximum atomic E-state index is 14.0. The van der Waals surface area contributed by atoms with Gasteiger partial charge in [-0.3, -0.25) is 19.7 Å². The summed E-state index contributed by atoms with van der Waals surface area (Å²) in [6.45, 7) is 1.04. The van der Waals surface area contributed by atoms with Gasteiger partial charge >= 0.3 is 0 Å². The van der Waals surface area contributed by atoms with Crippen LogP contribution in [0.5, 0.6) is 5.75 Å². The van der Waals surface area contributed by atoms with Crippen LogP contribution in [0.4, 0.5) is 4.39 Å². The fraction of sp³-hybridized carbons (Fsp3) is 0.464.